The largest absolute Gasteiger partial charge is 0.436 e. The quantitative estimate of drug-likeness (QED) is 0.393. The number of anilines is 4. The van der Waals surface area contributed by atoms with E-state index in [2.05, 4.69) is 42.7 Å². The van der Waals surface area contributed by atoms with E-state index in [0.717, 1.165) is 76.8 Å². The predicted molar refractivity (Wildman–Crippen MR) is 136 cm³/mol. The van der Waals surface area contributed by atoms with Crippen LogP contribution in [0.25, 0.3) is 33.3 Å². The molecule has 1 saturated heterocycles. The van der Waals surface area contributed by atoms with E-state index in [-0.39, 0.29) is 0 Å². The first-order chi connectivity index (χ1) is 17.1. The van der Waals surface area contributed by atoms with Gasteiger partial charge < -0.3 is 24.7 Å². The molecule has 0 unspecified atom stereocenters. The van der Waals surface area contributed by atoms with Gasteiger partial charge in [0.2, 0.25) is 5.89 Å². The van der Waals surface area contributed by atoms with Gasteiger partial charge in [0.1, 0.15) is 17.2 Å². The fourth-order valence-electron chi connectivity index (χ4n) is 4.38. The van der Waals surface area contributed by atoms with E-state index < -0.39 is 0 Å². The van der Waals surface area contributed by atoms with Crippen LogP contribution in [0.2, 0.25) is 0 Å². The Hall–Kier alpha value is -4.18. The number of hydrogen-bond acceptors (Lipinski definition) is 9. The van der Waals surface area contributed by atoms with Crippen molar-refractivity contribution in [3.63, 3.8) is 0 Å². The third-order valence-electron chi connectivity index (χ3n) is 6.36. The van der Waals surface area contributed by atoms with E-state index in [4.69, 9.17) is 14.1 Å². The van der Waals surface area contributed by atoms with E-state index >= 15 is 0 Å². The molecule has 0 bridgehead atoms. The Balaban J connectivity index is 1.42. The van der Waals surface area contributed by atoms with Crippen molar-refractivity contribution in [2.24, 2.45) is 7.05 Å². The lowest BCUT2D eigenvalue weighted by molar-refractivity contribution is 0.122. The van der Waals surface area contributed by atoms with Gasteiger partial charge in [0.15, 0.2) is 11.4 Å². The van der Waals surface area contributed by atoms with Gasteiger partial charge in [0, 0.05) is 67.8 Å². The molecule has 178 valence electrons. The SMILES string of the molecule is CNc1ncc(-c2nc3cc(N4CCOCC4)ccc3o2)c2cc(Nc3cc(C)n(C)n3)ncc12. The molecule has 10 heteroatoms. The summed E-state index contributed by atoms with van der Waals surface area (Å²) in [6, 6.07) is 10.1. The van der Waals surface area contributed by atoms with Crippen LogP contribution in [0.15, 0.2) is 47.1 Å². The molecule has 1 aromatic carbocycles. The summed E-state index contributed by atoms with van der Waals surface area (Å²) in [5.74, 6) is 2.67. The molecule has 1 fully saturated rings. The Bertz CT molecular complexity index is 1510. The Morgan fingerprint density at radius 2 is 1.83 bits per heavy atom. The summed E-state index contributed by atoms with van der Waals surface area (Å²) in [5.41, 5.74) is 4.52. The third-order valence-corrected chi connectivity index (χ3v) is 6.36. The molecule has 0 radical (unpaired) electrons. The molecule has 5 heterocycles. The smallest absolute Gasteiger partial charge is 0.229 e. The first kappa shape index (κ1) is 21.4. The highest BCUT2D eigenvalue weighted by Crippen LogP contribution is 2.35. The molecule has 4 aromatic heterocycles. The minimum Gasteiger partial charge on any atom is -0.436 e. The lowest BCUT2D eigenvalue weighted by atomic mass is 10.1. The molecule has 0 saturated carbocycles. The van der Waals surface area contributed by atoms with Crippen molar-refractivity contribution in [2.75, 3.05) is 48.9 Å². The zero-order valence-corrected chi connectivity index (χ0v) is 19.9. The molecular formula is C25H26N8O2. The van der Waals surface area contributed by atoms with Gasteiger partial charge in [-0.1, -0.05) is 0 Å². The van der Waals surface area contributed by atoms with Crippen LogP contribution >= 0.6 is 0 Å². The molecule has 0 spiro atoms. The highest BCUT2D eigenvalue weighted by atomic mass is 16.5. The standard InChI is InChI=1S/C25H26N8O2/c1-15-10-23(31-32(15)3)30-22-12-17-18(13-27-22)24(26-2)28-14-19(17)25-29-20-11-16(4-5-21(20)35-25)33-6-8-34-9-7-33/h4-5,10-14H,6-9H2,1-3H3,(H,26,28)(H,27,30,31). The second kappa shape index (κ2) is 8.55. The molecule has 0 amide bonds. The fourth-order valence-corrected chi connectivity index (χ4v) is 4.38. The second-order valence-electron chi connectivity index (χ2n) is 8.58. The number of morpholine rings is 1. The van der Waals surface area contributed by atoms with Gasteiger partial charge in [0.25, 0.3) is 0 Å². The summed E-state index contributed by atoms with van der Waals surface area (Å²) < 4.78 is 13.5. The van der Waals surface area contributed by atoms with Crippen LogP contribution in [0.5, 0.6) is 0 Å². The lowest BCUT2D eigenvalue weighted by Crippen LogP contribution is -2.36. The number of ether oxygens (including phenoxy) is 1. The maximum atomic E-state index is 6.18. The molecule has 0 aliphatic carbocycles. The van der Waals surface area contributed by atoms with Crippen LogP contribution in [-0.4, -0.2) is 58.1 Å². The number of nitrogens with one attached hydrogen (secondary N) is 2. The monoisotopic (exact) mass is 470 g/mol. The molecule has 1 aliphatic rings. The van der Waals surface area contributed by atoms with E-state index in [9.17, 15) is 0 Å². The first-order valence-corrected chi connectivity index (χ1v) is 11.6. The number of rotatable bonds is 5. The van der Waals surface area contributed by atoms with Crippen LogP contribution in [-0.2, 0) is 11.8 Å². The number of benzene rings is 1. The minimum atomic E-state index is 0.519. The molecule has 10 nitrogen and oxygen atoms in total. The normalized spacial score (nSPS) is 14.1. The van der Waals surface area contributed by atoms with E-state index in [1.165, 1.54) is 0 Å². The maximum Gasteiger partial charge on any atom is 0.229 e. The van der Waals surface area contributed by atoms with Crippen molar-refractivity contribution in [3.05, 3.63) is 48.4 Å². The van der Waals surface area contributed by atoms with Crippen LogP contribution in [0.4, 0.5) is 23.1 Å². The minimum absolute atomic E-state index is 0.519. The Morgan fingerprint density at radius 3 is 2.60 bits per heavy atom. The van der Waals surface area contributed by atoms with Gasteiger partial charge in [-0.2, -0.15) is 5.10 Å². The van der Waals surface area contributed by atoms with Gasteiger partial charge in [-0.3, -0.25) is 4.68 Å². The Labute approximate surface area is 201 Å². The van der Waals surface area contributed by atoms with E-state index in [1.54, 1.807) is 12.4 Å². The summed E-state index contributed by atoms with van der Waals surface area (Å²) in [6.07, 6.45) is 3.59. The molecular weight excluding hydrogens is 444 g/mol. The molecule has 0 atom stereocenters. The Morgan fingerprint density at radius 1 is 0.971 bits per heavy atom. The average Bonchev–Trinajstić information content (AvgIpc) is 3.45. The van der Waals surface area contributed by atoms with E-state index in [0.29, 0.717) is 11.7 Å². The third kappa shape index (κ3) is 3.91. The molecule has 35 heavy (non-hydrogen) atoms. The number of nitrogens with zero attached hydrogens (tertiary/aromatic N) is 6. The topological polar surface area (TPSA) is 106 Å². The lowest BCUT2D eigenvalue weighted by Gasteiger charge is -2.28. The van der Waals surface area contributed by atoms with Crippen LogP contribution in [0.3, 0.4) is 0 Å². The number of fused-ring (bicyclic) bond motifs is 2. The number of aromatic nitrogens is 5. The molecule has 2 N–H and O–H groups in total. The summed E-state index contributed by atoms with van der Waals surface area (Å²) in [6.45, 7) is 5.22. The number of aryl methyl sites for hydroxylation is 2. The zero-order valence-electron chi connectivity index (χ0n) is 19.9. The van der Waals surface area contributed by atoms with Crippen LogP contribution in [0.1, 0.15) is 5.69 Å². The van der Waals surface area contributed by atoms with Gasteiger partial charge in [-0.25, -0.2) is 15.0 Å². The van der Waals surface area contributed by atoms with Crippen molar-refractivity contribution in [1.82, 2.24) is 24.7 Å². The van der Waals surface area contributed by atoms with Crippen molar-refractivity contribution in [1.29, 1.82) is 0 Å². The van der Waals surface area contributed by atoms with Crippen LogP contribution < -0.4 is 15.5 Å². The molecule has 5 aromatic rings. The molecule has 6 rings (SSSR count). The number of oxazole rings is 1. The van der Waals surface area contributed by atoms with Crippen LogP contribution in [0, 0.1) is 6.92 Å². The van der Waals surface area contributed by atoms with Crippen molar-refractivity contribution < 1.29 is 9.15 Å². The number of hydrogen-bond donors (Lipinski definition) is 2. The maximum absolute atomic E-state index is 6.18. The van der Waals surface area contributed by atoms with Crippen molar-refractivity contribution in [2.45, 2.75) is 6.92 Å². The predicted octanol–water partition coefficient (Wildman–Crippen LogP) is 4.10. The highest BCUT2D eigenvalue weighted by molar-refractivity contribution is 6.01. The summed E-state index contributed by atoms with van der Waals surface area (Å²) in [5, 5.41) is 12.7. The summed E-state index contributed by atoms with van der Waals surface area (Å²) in [4.78, 5) is 16.3. The fraction of sp³-hybridized carbons (Fsp3) is 0.280. The van der Waals surface area contributed by atoms with Crippen molar-refractivity contribution >= 4 is 45.0 Å². The van der Waals surface area contributed by atoms with Gasteiger partial charge in [-0.15, -0.1) is 0 Å². The summed E-state index contributed by atoms with van der Waals surface area (Å²) in [7, 11) is 3.76. The first-order valence-electron chi connectivity index (χ1n) is 11.6. The summed E-state index contributed by atoms with van der Waals surface area (Å²) >= 11 is 0. The second-order valence-corrected chi connectivity index (χ2v) is 8.58. The van der Waals surface area contributed by atoms with E-state index in [1.807, 2.05) is 43.9 Å². The van der Waals surface area contributed by atoms with Gasteiger partial charge in [0.05, 0.1) is 18.8 Å². The number of pyridine rings is 2. The van der Waals surface area contributed by atoms with Crippen molar-refractivity contribution in [3.8, 4) is 11.5 Å². The zero-order chi connectivity index (χ0) is 23.9. The molecule has 1 aliphatic heterocycles. The van der Waals surface area contributed by atoms with Gasteiger partial charge in [-0.05, 0) is 31.2 Å². The average molecular weight is 471 g/mol. The highest BCUT2D eigenvalue weighted by Gasteiger charge is 2.18. The Kier molecular flexibility index (Phi) is 5.22. The van der Waals surface area contributed by atoms with Gasteiger partial charge >= 0.3 is 0 Å².